The third-order valence-electron chi connectivity index (χ3n) is 4.68. The van der Waals surface area contributed by atoms with Crippen LogP contribution in [0.4, 0.5) is 4.79 Å². The average Bonchev–Trinajstić information content (AvgIpc) is 2.62. The molecule has 0 aliphatic carbocycles. The van der Waals surface area contributed by atoms with Gasteiger partial charge in [-0.1, -0.05) is 12.1 Å². The van der Waals surface area contributed by atoms with Gasteiger partial charge in [-0.25, -0.2) is 9.78 Å². The van der Waals surface area contributed by atoms with Crippen LogP contribution >= 0.6 is 11.8 Å². The van der Waals surface area contributed by atoms with Crippen molar-refractivity contribution in [1.29, 1.82) is 0 Å². The summed E-state index contributed by atoms with van der Waals surface area (Å²) in [5.74, 6) is 1.43. The lowest BCUT2D eigenvalue weighted by Gasteiger charge is -2.31. The summed E-state index contributed by atoms with van der Waals surface area (Å²) in [6.45, 7) is 5.14. The van der Waals surface area contributed by atoms with Gasteiger partial charge in [0.05, 0.1) is 16.7 Å². The average molecular weight is 376 g/mol. The number of carboxylic acid groups (broad SMARTS) is 1. The van der Waals surface area contributed by atoms with Gasteiger partial charge in [0, 0.05) is 18.3 Å². The molecule has 7 nitrogen and oxygen atoms in total. The van der Waals surface area contributed by atoms with Gasteiger partial charge in [0.15, 0.2) is 0 Å². The lowest BCUT2D eigenvalue weighted by atomic mass is 10.1. The molecule has 140 valence electrons. The summed E-state index contributed by atoms with van der Waals surface area (Å²) in [7, 11) is 0. The third kappa shape index (κ3) is 4.76. The van der Waals surface area contributed by atoms with E-state index in [1.807, 2.05) is 30.8 Å². The molecule has 2 heterocycles. The lowest BCUT2D eigenvalue weighted by molar-refractivity contribution is 0.188. The SMILES string of the molecule is Cc1cccc2c(=O)[nH]c(CSC3CCN(CCNC(=O)O)CC3)nc12. The van der Waals surface area contributed by atoms with Crippen molar-refractivity contribution in [2.24, 2.45) is 0 Å². The Balaban J connectivity index is 1.51. The highest BCUT2D eigenvalue weighted by Crippen LogP contribution is 2.25. The molecule has 1 aliphatic rings. The van der Waals surface area contributed by atoms with Crippen LogP contribution in [0.15, 0.2) is 23.0 Å². The monoisotopic (exact) mass is 376 g/mol. The van der Waals surface area contributed by atoms with Crippen LogP contribution in [0.5, 0.6) is 0 Å². The topological polar surface area (TPSA) is 98.3 Å². The van der Waals surface area contributed by atoms with Gasteiger partial charge >= 0.3 is 6.09 Å². The first-order chi connectivity index (χ1) is 12.5. The first kappa shape index (κ1) is 18.7. The second-order valence-electron chi connectivity index (χ2n) is 6.57. The molecule has 1 aromatic heterocycles. The molecule has 1 aromatic carbocycles. The molecule has 0 saturated carbocycles. The number of likely N-dealkylation sites (tertiary alicyclic amines) is 1. The molecular weight excluding hydrogens is 352 g/mol. The maximum Gasteiger partial charge on any atom is 0.404 e. The van der Waals surface area contributed by atoms with E-state index < -0.39 is 6.09 Å². The molecule has 26 heavy (non-hydrogen) atoms. The highest BCUT2D eigenvalue weighted by molar-refractivity contribution is 7.99. The van der Waals surface area contributed by atoms with Crippen molar-refractivity contribution in [3.8, 4) is 0 Å². The molecular formula is C18H24N4O3S. The zero-order valence-corrected chi connectivity index (χ0v) is 15.6. The number of nitrogens with zero attached hydrogens (tertiary/aromatic N) is 2. The van der Waals surface area contributed by atoms with Crippen molar-refractivity contribution in [3.63, 3.8) is 0 Å². The van der Waals surface area contributed by atoms with E-state index in [0.29, 0.717) is 22.9 Å². The minimum atomic E-state index is -0.970. The fourth-order valence-corrected chi connectivity index (χ4v) is 4.31. The van der Waals surface area contributed by atoms with Crippen LogP contribution in [0, 0.1) is 6.92 Å². The van der Waals surface area contributed by atoms with E-state index in [2.05, 4.69) is 20.2 Å². The number of aromatic amines is 1. The van der Waals surface area contributed by atoms with Gasteiger partial charge in [0.2, 0.25) is 0 Å². The van der Waals surface area contributed by atoms with Crippen LogP contribution in [-0.4, -0.2) is 57.5 Å². The van der Waals surface area contributed by atoms with E-state index in [9.17, 15) is 9.59 Å². The number of rotatable bonds is 6. The molecule has 0 radical (unpaired) electrons. The summed E-state index contributed by atoms with van der Waals surface area (Å²) in [5.41, 5.74) is 1.73. The highest BCUT2D eigenvalue weighted by Gasteiger charge is 2.19. The van der Waals surface area contributed by atoms with E-state index in [-0.39, 0.29) is 5.56 Å². The normalized spacial score (nSPS) is 16.0. The molecule has 0 spiro atoms. The zero-order chi connectivity index (χ0) is 18.5. The number of amides is 1. The Morgan fingerprint density at radius 3 is 2.92 bits per heavy atom. The summed E-state index contributed by atoms with van der Waals surface area (Å²) in [6, 6.07) is 5.66. The Hall–Kier alpha value is -2.06. The van der Waals surface area contributed by atoms with E-state index in [1.165, 1.54) is 0 Å². The zero-order valence-electron chi connectivity index (χ0n) is 14.8. The molecule has 0 atom stereocenters. The highest BCUT2D eigenvalue weighted by atomic mass is 32.2. The number of thioether (sulfide) groups is 1. The number of nitrogens with one attached hydrogen (secondary N) is 2. The van der Waals surface area contributed by atoms with E-state index in [1.54, 1.807) is 6.07 Å². The van der Waals surface area contributed by atoms with Crippen molar-refractivity contribution in [2.45, 2.75) is 30.8 Å². The van der Waals surface area contributed by atoms with E-state index >= 15 is 0 Å². The van der Waals surface area contributed by atoms with Crippen LogP contribution in [-0.2, 0) is 5.75 Å². The molecule has 1 aliphatic heterocycles. The fraction of sp³-hybridized carbons (Fsp3) is 0.500. The number of piperidine rings is 1. The molecule has 0 unspecified atom stereocenters. The van der Waals surface area contributed by atoms with Crippen LogP contribution < -0.4 is 10.9 Å². The van der Waals surface area contributed by atoms with Gasteiger partial charge in [-0.05, 0) is 44.5 Å². The van der Waals surface area contributed by atoms with Gasteiger partial charge in [0.25, 0.3) is 5.56 Å². The van der Waals surface area contributed by atoms with Crippen LogP contribution in [0.2, 0.25) is 0 Å². The summed E-state index contributed by atoms with van der Waals surface area (Å²) >= 11 is 1.84. The fourth-order valence-electron chi connectivity index (χ4n) is 3.24. The van der Waals surface area contributed by atoms with Crippen molar-refractivity contribution in [2.75, 3.05) is 26.2 Å². The number of aromatic nitrogens is 2. The Morgan fingerprint density at radius 1 is 1.42 bits per heavy atom. The predicted molar refractivity (Wildman–Crippen MR) is 104 cm³/mol. The summed E-state index contributed by atoms with van der Waals surface area (Å²) in [4.78, 5) is 32.5. The van der Waals surface area contributed by atoms with E-state index in [4.69, 9.17) is 5.11 Å². The maximum absolute atomic E-state index is 12.2. The molecule has 1 fully saturated rings. The van der Waals surface area contributed by atoms with Gasteiger partial charge in [0.1, 0.15) is 5.82 Å². The second kappa shape index (κ2) is 8.55. The van der Waals surface area contributed by atoms with Crippen LogP contribution in [0.1, 0.15) is 24.2 Å². The smallest absolute Gasteiger partial charge is 0.404 e. The Kier molecular flexibility index (Phi) is 6.16. The Labute approximate surface area is 156 Å². The van der Waals surface area contributed by atoms with Crippen molar-refractivity contribution in [3.05, 3.63) is 39.9 Å². The number of aryl methyl sites for hydroxylation is 1. The first-order valence-corrected chi connectivity index (χ1v) is 9.87. The molecule has 2 aromatic rings. The number of benzene rings is 1. The number of hydrogen-bond acceptors (Lipinski definition) is 5. The van der Waals surface area contributed by atoms with Gasteiger partial charge in [-0.15, -0.1) is 0 Å². The van der Waals surface area contributed by atoms with Crippen molar-refractivity contribution >= 4 is 28.8 Å². The number of fused-ring (bicyclic) bond motifs is 1. The molecule has 3 N–H and O–H groups in total. The Morgan fingerprint density at radius 2 is 2.19 bits per heavy atom. The standard InChI is InChI=1S/C18H24N4O3S/c1-12-3-2-4-14-16(12)20-15(21-17(14)23)11-26-13-5-8-22(9-6-13)10-7-19-18(24)25/h2-4,13,19H,5-11H2,1H3,(H,24,25)(H,20,21,23). The first-order valence-electron chi connectivity index (χ1n) is 8.82. The number of H-pyrrole nitrogens is 1. The largest absolute Gasteiger partial charge is 0.465 e. The van der Waals surface area contributed by atoms with Gasteiger partial charge in [-0.3, -0.25) is 4.79 Å². The second-order valence-corrected chi connectivity index (χ2v) is 7.86. The molecule has 1 amide bonds. The molecule has 8 heteroatoms. The predicted octanol–water partition coefficient (Wildman–Crippen LogP) is 2.20. The van der Waals surface area contributed by atoms with Gasteiger partial charge < -0.3 is 20.3 Å². The summed E-state index contributed by atoms with van der Waals surface area (Å²) < 4.78 is 0. The molecule has 0 bridgehead atoms. The Bertz CT molecular complexity index is 831. The summed E-state index contributed by atoms with van der Waals surface area (Å²) in [6.07, 6.45) is 1.16. The lowest BCUT2D eigenvalue weighted by Crippen LogP contribution is -2.40. The maximum atomic E-state index is 12.2. The van der Waals surface area contributed by atoms with Crippen LogP contribution in [0.3, 0.4) is 0 Å². The summed E-state index contributed by atoms with van der Waals surface area (Å²) in [5, 5.41) is 12.2. The molecule has 1 saturated heterocycles. The minimum Gasteiger partial charge on any atom is -0.465 e. The quantitative estimate of drug-likeness (QED) is 0.715. The number of hydrogen-bond donors (Lipinski definition) is 3. The third-order valence-corrected chi connectivity index (χ3v) is 6.06. The number of para-hydroxylation sites is 1. The van der Waals surface area contributed by atoms with E-state index in [0.717, 1.165) is 49.4 Å². The molecule has 3 rings (SSSR count). The van der Waals surface area contributed by atoms with Crippen molar-refractivity contribution < 1.29 is 9.90 Å². The minimum absolute atomic E-state index is 0.0740. The van der Waals surface area contributed by atoms with Crippen LogP contribution in [0.25, 0.3) is 10.9 Å². The van der Waals surface area contributed by atoms with Gasteiger partial charge in [-0.2, -0.15) is 11.8 Å². The van der Waals surface area contributed by atoms with Crippen molar-refractivity contribution in [1.82, 2.24) is 20.2 Å². The number of carbonyl (C=O) groups is 1.